The minimum Gasteiger partial charge on any atom is -0.369 e. The molecule has 2 unspecified atom stereocenters. The van der Waals surface area contributed by atoms with Crippen molar-refractivity contribution < 1.29 is 10.2 Å². The van der Waals surface area contributed by atoms with E-state index in [9.17, 15) is 10.2 Å². The average molecular weight is 405 g/mol. The summed E-state index contributed by atoms with van der Waals surface area (Å²) in [5.74, 6) is 0. The lowest BCUT2D eigenvalue weighted by molar-refractivity contribution is 0.0789. The fraction of sp³-hybridized carbons (Fsp3) is 0.467. The molecule has 0 aromatic heterocycles. The van der Waals surface area contributed by atoms with Crippen molar-refractivity contribution in [1.29, 1.82) is 0 Å². The number of hydrogen-bond donors (Lipinski definition) is 2. The van der Waals surface area contributed by atoms with E-state index in [4.69, 9.17) is 0 Å². The van der Waals surface area contributed by atoms with Crippen LogP contribution in [0.2, 0.25) is 0 Å². The number of alkyl halides is 1. The summed E-state index contributed by atoms with van der Waals surface area (Å²) >= 11 is 6.86. The third-order valence-electron chi connectivity index (χ3n) is 3.61. The number of hydrogen-bond acceptors (Lipinski definition) is 3. The number of anilines is 1. The zero-order valence-electron chi connectivity index (χ0n) is 11.4. The number of halogens is 2. The Morgan fingerprint density at radius 2 is 1.95 bits per heavy atom. The molecule has 0 saturated heterocycles. The van der Waals surface area contributed by atoms with E-state index in [1.807, 2.05) is 30.3 Å². The van der Waals surface area contributed by atoms with Crippen LogP contribution in [0.15, 0.2) is 40.4 Å². The van der Waals surface area contributed by atoms with Gasteiger partial charge in [-0.25, -0.2) is 0 Å². The second kappa shape index (κ2) is 6.60. The highest BCUT2D eigenvalue weighted by Gasteiger charge is 2.49. The molecule has 3 nitrogen and oxygen atoms in total. The van der Waals surface area contributed by atoms with Gasteiger partial charge >= 0.3 is 0 Å². The van der Waals surface area contributed by atoms with Crippen molar-refractivity contribution in [2.45, 2.75) is 38.1 Å². The fourth-order valence-corrected chi connectivity index (χ4v) is 4.17. The fourth-order valence-electron chi connectivity index (χ4n) is 2.51. The van der Waals surface area contributed by atoms with Crippen LogP contribution in [0, 0.1) is 0 Å². The van der Waals surface area contributed by atoms with Crippen molar-refractivity contribution in [3.05, 3.63) is 40.4 Å². The standard InChI is InChI=1S/C15H19Br2NO2/c1-2-3-9-12-13(17)15(20,10-16)18(14(12)19)11-7-5-4-6-8-11/h4-8,14,19-20H,2-3,9-10H2,1H3. The maximum atomic E-state index is 10.9. The lowest BCUT2D eigenvalue weighted by atomic mass is 10.1. The van der Waals surface area contributed by atoms with E-state index < -0.39 is 12.0 Å². The molecule has 20 heavy (non-hydrogen) atoms. The number of aliphatic hydroxyl groups excluding tert-OH is 1. The van der Waals surface area contributed by atoms with Gasteiger partial charge in [-0.15, -0.1) is 0 Å². The molecule has 1 aliphatic rings. The molecule has 5 heteroatoms. The summed E-state index contributed by atoms with van der Waals surface area (Å²) < 4.78 is 0.673. The molecule has 0 amide bonds. The Balaban J connectivity index is 2.40. The Bertz CT molecular complexity index is 492. The molecule has 1 aliphatic heterocycles. The molecule has 0 radical (unpaired) electrons. The van der Waals surface area contributed by atoms with Crippen molar-refractivity contribution in [2.24, 2.45) is 0 Å². The van der Waals surface area contributed by atoms with Gasteiger partial charge in [0.25, 0.3) is 0 Å². The Kier molecular flexibility index (Phi) is 5.29. The van der Waals surface area contributed by atoms with Crippen molar-refractivity contribution >= 4 is 37.5 Å². The number of benzene rings is 1. The van der Waals surface area contributed by atoms with Gasteiger partial charge in [-0.2, -0.15) is 0 Å². The van der Waals surface area contributed by atoms with Crippen molar-refractivity contribution in [3.63, 3.8) is 0 Å². The Labute approximate surface area is 136 Å². The summed E-state index contributed by atoms with van der Waals surface area (Å²) in [5.41, 5.74) is 0.409. The zero-order chi connectivity index (χ0) is 14.8. The molecule has 0 fully saturated rings. The van der Waals surface area contributed by atoms with E-state index in [-0.39, 0.29) is 0 Å². The maximum absolute atomic E-state index is 10.9. The van der Waals surface area contributed by atoms with Gasteiger partial charge in [-0.3, -0.25) is 0 Å². The van der Waals surface area contributed by atoms with Gasteiger partial charge in [-0.05, 0) is 30.5 Å². The highest BCUT2D eigenvalue weighted by Crippen LogP contribution is 2.45. The lowest BCUT2D eigenvalue weighted by Crippen LogP contribution is -2.51. The van der Waals surface area contributed by atoms with E-state index in [1.165, 1.54) is 0 Å². The summed E-state index contributed by atoms with van der Waals surface area (Å²) in [5, 5.41) is 21.9. The quantitative estimate of drug-likeness (QED) is 0.734. The van der Waals surface area contributed by atoms with E-state index in [0.29, 0.717) is 9.81 Å². The lowest BCUT2D eigenvalue weighted by Gasteiger charge is -2.37. The monoisotopic (exact) mass is 403 g/mol. The molecule has 0 bridgehead atoms. The van der Waals surface area contributed by atoms with Crippen molar-refractivity contribution in [2.75, 3.05) is 10.2 Å². The first-order valence-corrected chi connectivity index (χ1v) is 8.67. The van der Waals surface area contributed by atoms with E-state index in [0.717, 1.165) is 30.5 Å². The molecule has 2 rings (SSSR count). The molecule has 0 aliphatic carbocycles. The number of rotatable bonds is 5. The number of unbranched alkanes of at least 4 members (excludes halogenated alkanes) is 1. The third-order valence-corrected chi connectivity index (χ3v) is 5.53. The second-order valence-corrected chi connectivity index (χ2v) is 6.33. The zero-order valence-corrected chi connectivity index (χ0v) is 14.6. The van der Waals surface area contributed by atoms with Crippen LogP contribution in [0.5, 0.6) is 0 Å². The number of aliphatic hydroxyl groups is 2. The minimum atomic E-state index is -1.25. The summed E-state index contributed by atoms with van der Waals surface area (Å²) in [6.45, 7) is 2.11. The molecular formula is C15H19Br2NO2. The Hall–Kier alpha value is -0.360. The van der Waals surface area contributed by atoms with Gasteiger partial charge < -0.3 is 15.1 Å². The van der Waals surface area contributed by atoms with E-state index in [2.05, 4.69) is 38.8 Å². The maximum Gasteiger partial charge on any atom is 0.183 e. The van der Waals surface area contributed by atoms with Crippen LogP contribution in [0.3, 0.4) is 0 Å². The molecule has 2 atom stereocenters. The second-order valence-electron chi connectivity index (χ2n) is 4.97. The number of para-hydroxylation sites is 1. The summed E-state index contributed by atoms with van der Waals surface area (Å²) in [7, 11) is 0. The summed E-state index contributed by atoms with van der Waals surface area (Å²) in [6, 6.07) is 9.49. The van der Waals surface area contributed by atoms with E-state index >= 15 is 0 Å². The van der Waals surface area contributed by atoms with Crippen molar-refractivity contribution in [3.8, 4) is 0 Å². The van der Waals surface area contributed by atoms with Crippen LogP contribution in [-0.2, 0) is 0 Å². The van der Waals surface area contributed by atoms with Gasteiger partial charge in [0.05, 0.1) is 9.81 Å². The summed E-state index contributed by atoms with van der Waals surface area (Å²) in [4.78, 5) is 1.65. The molecule has 110 valence electrons. The third kappa shape index (κ3) is 2.69. The SMILES string of the molecule is CCCCC1=C(Br)C(O)(CBr)N(c2ccccc2)C1O. The first-order valence-electron chi connectivity index (χ1n) is 6.76. The average Bonchev–Trinajstić information content (AvgIpc) is 2.66. The molecule has 1 aromatic rings. The van der Waals surface area contributed by atoms with Gasteiger partial charge in [0.15, 0.2) is 12.0 Å². The van der Waals surface area contributed by atoms with Gasteiger partial charge in [0.1, 0.15) is 0 Å². The highest BCUT2D eigenvalue weighted by atomic mass is 79.9. The largest absolute Gasteiger partial charge is 0.369 e. The smallest absolute Gasteiger partial charge is 0.183 e. The molecule has 2 N–H and O–H groups in total. The van der Waals surface area contributed by atoms with Crippen LogP contribution >= 0.6 is 31.9 Å². The first kappa shape index (κ1) is 16.0. The van der Waals surface area contributed by atoms with Crippen LogP contribution < -0.4 is 4.90 Å². The van der Waals surface area contributed by atoms with Gasteiger partial charge in [0.2, 0.25) is 0 Å². The number of nitrogens with zero attached hydrogens (tertiary/aromatic N) is 1. The minimum absolute atomic E-state index is 0.322. The first-order chi connectivity index (χ1) is 9.56. The molecule has 1 heterocycles. The normalized spacial score (nSPS) is 26.4. The van der Waals surface area contributed by atoms with Crippen LogP contribution in [0.25, 0.3) is 0 Å². The molecule has 0 spiro atoms. The highest BCUT2D eigenvalue weighted by molar-refractivity contribution is 9.12. The summed E-state index contributed by atoms with van der Waals surface area (Å²) in [6.07, 6.45) is 2.01. The van der Waals surface area contributed by atoms with Crippen LogP contribution in [0.1, 0.15) is 26.2 Å². The predicted molar refractivity (Wildman–Crippen MR) is 89.1 cm³/mol. The van der Waals surface area contributed by atoms with E-state index in [1.54, 1.807) is 4.90 Å². The Morgan fingerprint density at radius 3 is 2.50 bits per heavy atom. The molecule has 0 saturated carbocycles. The van der Waals surface area contributed by atoms with Gasteiger partial charge in [-0.1, -0.05) is 63.4 Å². The topological polar surface area (TPSA) is 43.7 Å². The van der Waals surface area contributed by atoms with Crippen molar-refractivity contribution in [1.82, 2.24) is 0 Å². The Morgan fingerprint density at radius 1 is 1.30 bits per heavy atom. The molecule has 1 aromatic carbocycles. The van der Waals surface area contributed by atoms with Crippen LogP contribution in [0.4, 0.5) is 5.69 Å². The van der Waals surface area contributed by atoms with Gasteiger partial charge in [0, 0.05) is 5.69 Å². The molecular weight excluding hydrogens is 386 g/mol. The predicted octanol–water partition coefficient (Wildman–Crippen LogP) is 3.75. The van der Waals surface area contributed by atoms with Crippen LogP contribution in [-0.4, -0.2) is 27.5 Å².